The number of piperidine rings is 1. The van der Waals surface area contributed by atoms with Gasteiger partial charge in [-0.3, -0.25) is 4.79 Å². The summed E-state index contributed by atoms with van der Waals surface area (Å²) in [6.45, 7) is 7.25. The second-order valence-electron chi connectivity index (χ2n) is 4.51. The predicted molar refractivity (Wildman–Crippen MR) is 58.1 cm³/mol. The van der Waals surface area contributed by atoms with E-state index in [4.69, 9.17) is 0 Å². The molecule has 2 unspecified atom stereocenters. The smallest absolute Gasteiger partial charge is 0.223 e. The van der Waals surface area contributed by atoms with Crippen molar-refractivity contribution in [1.29, 1.82) is 0 Å². The van der Waals surface area contributed by atoms with Crippen LogP contribution < -0.4 is 5.32 Å². The molecule has 82 valence electrons. The second-order valence-corrected chi connectivity index (χ2v) is 4.51. The van der Waals surface area contributed by atoms with Crippen LogP contribution in [0.5, 0.6) is 0 Å². The zero-order valence-electron chi connectivity index (χ0n) is 9.71. The highest BCUT2D eigenvalue weighted by atomic mass is 16.2. The van der Waals surface area contributed by atoms with Gasteiger partial charge in [-0.15, -0.1) is 0 Å². The number of hydrogen-bond acceptors (Lipinski definition) is 2. The number of nitrogens with one attached hydrogen (secondary N) is 1. The van der Waals surface area contributed by atoms with Crippen LogP contribution in [0.4, 0.5) is 0 Å². The van der Waals surface area contributed by atoms with Gasteiger partial charge in [0.05, 0.1) is 0 Å². The quantitative estimate of drug-likeness (QED) is 0.740. The second kappa shape index (κ2) is 4.78. The molecule has 0 spiro atoms. The number of carbonyl (C=O) groups excluding carboxylic acids is 1. The molecule has 0 radical (unpaired) electrons. The van der Waals surface area contributed by atoms with E-state index < -0.39 is 0 Å². The number of nitrogens with zero attached hydrogens (tertiary/aromatic N) is 1. The molecule has 1 fully saturated rings. The van der Waals surface area contributed by atoms with Crippen molar-refractivity contribution in [3.63, 3.8) is 0 Å². The van der Waals surface area contributed by atoms with Gasteiger partial charge in [0.15, 0.2) is 0 Å². The van der Waals surface area contributed by atoms with Gasteiger partial charge in [0.25, 0.3) is 0 Å². The first-order valence-corrected chi connectivity index (χ1v) is 5.53. The number of carbonyl (C=O) groups is 1. The molecule has 0 aromatic heterocycles. The number of rotatable bonds is 3. The molecule has 14 heavy (non-hydrogen) atoms. The maximum Gasteiger partial charge on any atom is 0.223 e. The number of likely N-dealkylation sites (tertiary alicyclic amines) is 1. The van der Waals surface area contributed by atoms with Gasteiger partial charge in [0.2, 0.25) is 5.91 Å². The molecule has 3 heteroatoms. The van der Waals surface area contributed by atoms with Gasteiger partial charge in [-0.2, -0.15) is 0 Å². The lowest BCUT2D eigenvalue weighted by molar-refractivity contribution is -0.137. The first-order chi connectivity index (χ1) is 6.56. The van der Waals surface area contributed by atoms with Gasteiger partial charge < -0.3 is 10.2 Å². The normalized spacial score (nSPS) is 25.6. The fraction of sp³-hybridized carbons (Fsp3) is 0.909. The molecule has 1 aliphatic rings. The molecule has 1 N–H and O–H groups in total. The van der Waals surface area contributed by atoms with E-state index in [1.807, 2.05) is 11.9 Å². The molecule has 1 heterocycles. The summed E-state index contributed by atoms with van der Waals surface area (Å²) >= 11 is 0. The summed E-state index contributed by atoms with van der Waals surface area (Å²) in [7, 11) is 1.96. The molecule has 0 bridgehead atoms. The average Bonchev–Trinajstić information content (AvgIpc) is 2.15. The number of hydrogen-bond donors (Lipinski definition) is 1. The highest BCUT2D eigenvalue weighted by molar-refractivity contribution is 5.77. The molecule has 1 saturated heterocycles. The van der Waals surface area contributed by atoms with Crippen molar-refractivity contribution in [2.75, 3.05) is 13.6 Å². The highest BCUT2D eigenvalue weighted by Crippen LogP contribution is 2.22. The maximum absolute atomic E-state index is 11.8. The summed E-state index contributed by atoms with van der Waals surface area (Å²) in [5, 5.41) is 3.23. The van der Waals surface area contributed by atoms with E-state index in [9.17, 15) is 4.79 Å². The van der Waals surface area contributed by atoms with Crippen molar-refractivity contribution >= 4 is 5.91 Å². The maximum atomic E-state index is 11.8. The third-order valence-electron chi connectivity index (χ3n) is 3.28. The summed E-state index contributed by atoms with van der Waals surface area (Å²) in [5.41, 5.74) is 0. The summed E-state index contributed by atoms with van der Waals surface area (Å²) < 4.78 is 0. The Morgan fingerprint density at radius 1 is 1.43 bits per heavy atom. The predicted octanol–water partition coefficient (Wildman–Crippen LogP) is 1.24. The third-order valence-corrected chi connectivity index (χ3v) is 3.28. The van der Waals surface area contributed by atoms with Crippen LogP contribution in [0.25, 0.3) is 0 Å². The van der Waals surface area contributed by atoms with Gasteiger partial charge in [-0.1, -0.05) is 0 Å². The first kappa shape index (κ1) is 11.5. The zero-order valence-corrected chi connectivity index (χ0v) is 9.71. The Morgan fingerprint density at radius 2 is 2.07 bits per heavy atom. The molecule has 2 atom stereocenters. The van der Waals surface area contributed by atoms with Crippen LogP contribution in [0.2, 0.25) is 0 Å². The molecule has 1 rings (SSSR count). The summed E-state index contributed by atoms with van der Waals surface area (Å²) in [5.74, 6) is 0.834. The van der Waals surface area contributed by atoms with Crippen LogP contribution >= 0.6 is 0 Å². The minimum absolute atomic E-state index is 0.318. The Bertz CT molecular complexity index is 203. The Morgan fingerprint density at radius 3 is 2.50 bits per heavy atom. The lowest BCUT2D eigenvalue weighted by atomic mass is 9.89. The number of amides is 1. The fourth-order valence-corrected chi connectivity index (χ4v) is 2.08. The van der Waals surface area contributed by atoms with Gasteiger partial charge >= 0.3 is 0 Å². The Labute approximate surface area is 86.9 Å². The highest BCUT2D eigenvalue weighted by Gasteiger charge is 2.29. The average molecular weight is 198 g/mol. The van der Waals surface area contributed by atoms with E-state index in [0.717, 1.165) is 13.0 Å². The van der Waals surface area contributed by atoms with E-state index in [1.54, 1.807) is 0 Å². The van der Waals surface area contributed by atoms with Crippen LogP contribution in [-0.2, 0) is 4.79 Å². The minimum atomic E-state index is 0.318. The van der Waals surface area contributed by atoms with E-state index in [2.05, 4.69) is 26.1 Å². The molecule has 1 amide bonds. The summed E-state index contributed by atoms with van der Waals surface area (Å²) in [4.78, 5) is 13.7. The fourth-order valence-electron chi connectivity index (χ4n) is 2.08. The van der Waals surface area contributed by atoms with Crippen molar-refractivity contribution in [3.05, 3.63) is 0 Å². The standard InChI is InChI=1S/C11H22N2O/c1-8(2)13-6-5-10(7-11(13)14)9(3)12-4/h8-10,12H,5-7H2,1-4H3. The Hall–Kier alpha value is -0.570. The van der Waals surface area contributed by atoms with Crippen molar-refractivity contribution in [2.45, 2.75) is 45.7 Å². The van der Waals surface area contributed by atoms with Gasteiger partial charge in [-0.25, -0.2) is 0 Å². The molecule has 3 nitrogen and oxygen atoms in total. The van der Waals surface area contributed by atoms with Gasteiger partial charge in [0.1, 0.15) is 0 Å². The lowest BCUT2D eigenvalue weighted by Gasteiger charge is -2.36. The molecule has 0 aromatic rings. The summed E-state index contributed by atoms with van der Waals surface area (Å²) in [6.07, 6.45) is 1.84. The minimum Gasteiger partial charge on any atom is -0.340 e. The topological polar surface area (TPSA) is 32.3 Å². The molecule has 0 aliphatic carbocycles. The Balaban J connectivity index is 2.51. The molecule has 0 saturated carbocycles. The SMILES string of the molecule is CNC(C)C1CCN(C(C)C)C(=O)C1. The van der Waals surface area contributed by atoms with Crippen LogP contribution in [0, 0.1) is 5.92 Å². The van der Waals surface area contributed by atoms with E-state index in [1.165, 1.54) is 0 Å². The van der Waals surface area contributed by atoms with Gasteiger partial charge in [0, 0.05) is 25.0 Å². The molecule has 0 aromatic carbocycles. The largest absolute Gasteiger partial charge is 0.340 e. The summed E-state index contributed by atoms with van der Waals surface area (Å²) in [6, 6.07) is 0.807. The van der Waals surface area contributed by atoms with E-state index in [-0.39, 0.29) is 0 Å². The monoisotopic (exact) mass is 198 g/mol. The van der Waals surface area contributed by atoms with Crippen LogP contribution in [0.1, 0.15) is 33.6 Å². The van der Waals surface area contributed by atoms with E-state index >= 15 is 0 Å². The van der Waals surface area contributed by atoms with Crippen molar-refractivity contribution in [3.8, 4) is 0 Å². The van der Waals surface area contributed by atoms with Crippen LogP contribution in [-0.4, -0.2) is 36.5 Å². The zero-order chi connectivity index (χ0) is 10.7. The van der Waals surface area contributed by atoms with Crippen molar-refractivity contribution in [2.24, 2.45) is 5.92 Å². The third kappa shape index (κ3) is 2.47. The lowest BCUT2D eigenvalue weighted by Crippen LogP contribution is -2.46. The van der Waals surface area contributed by atoms with Gasteiger partial charge in [-0.05, 0) is 40.2 Å². The molecule has 1 aliphatic heterocycles. The van der Waals surface area contributed by atoms with Crippen LogP contribution in [0.3, 0.4) is 0 Å². The van der Waals surface area contributed by atoms with E-state index in [0.29, 0.717) is 30.3 Å². The first-order valence-electron chi connectivity index (χ1n) is 5.53. The Kier molecular flexibility index (Phi) is 3.93. The van der Waals surface area contributed by atoms with Crippen molar-refractivity contribution in [1.82, 2.24) is 10.2 Å². The van der Waals surface area contributed by atoms with Crippen LogP contribution in [0.15, 0.2) is 0 Å². The molecular formula is C11H22N2O. The molecular weight excluding hydrogens is 176 g/mol. The van der Waals surface area contributed by atoms with Crippen molar-refractivity contribution < 1.29 is 4.79 Å².